The van der Waals surface area contributed by atoms with Crippen LogP contribution in [0.25, 0.3) is 0 Å². The fourth-order valence-corrected chi connectivity index (χ4v) is 6.48. The van der Waals surface area contributed by atoms with E-state index in [0.717, 1.165) is 5.56 Å². The quantitative estimate of drug-likeness (QED) is 0.626. The second-order valence-corrected chi connectivity index (χ2v) is 11.6. The molecule has 0 saturated heterocycles. The van der Waals surface area contributed by atoms with Crippen molar-refractivity contribution in [2.45, 2.75) is 61.3 Å². The monoisotopic (exact) mass is 439 g/mol. The van der Waals surface area contributed by atoms with Gasteiger partial charge in [-0.05, 0) is 50.5 Å². The standard InChI is InChI=1S/C21H29NO5S2/c1-15(2)21(23)20(28(24,25)18-8-6-5-7-9-18)14-17(4)22-29(26,27)19-12-10-16(3)11-13-19/h5-13,15,17,20-23H,14H2,1-4H3/t17-,20?,21?/m0/s1. The molecule has 2 aromatic rings. The molecule has 8 heteroatoms. The molecular formula is C21H29NO5S2. The van der Waals surface area contributed by atoms with E-state index < -0.39 is 37.3 Å². The van der Waals surface area contributed by atoms with Crippen molar-refractivity contribution < 1.29 is 21.9 Å². The second kappa shape index (κ2) is 9.38. The Labute approximate surface area is 174 Å². The van der Waals surface area contributed by atoms with Gasteiger partial charge in [0.2, 0.25) is 10.0 Å². The minimum atomic E-state index is -3.85. The summed E-state index contributed by atoms with van der Waals surface area (Å²) < 4.78 is 54.1. The molecule has 0 heterocycles. The van der Waals surface area contributed by atoms with E-state index in [4.69, 9.17) is 0 Å². The number of sulfonamides is 1. The summed E-state index contributed by atoms with van der Waals surface area (Å²) in [5.74, 6) is -0.306. The molecule has 0 aliphatic heterocycles. The van der Waals surface area contributed by atoms with Crippen LogP contribution in [0.3, 0.4) is 0 Å². The largest absolute Gasteiger partial charge is 0.391 e. The molecule has 2 N–H and O–H groups in total. The van der Waals surface area contributed by atoms with Gasteiger partial charge in [0, 0.05) is 6.04 Å². The number of rotatable bonds is 9. The van der Waals surface area contributed by atoms with Crippen molar-refractivity contribution in [1.29, 1.82) is 0 Å². The molecule has 0 aliphatic rings. The van der Waals surface area contributed by atoms with Crippen molar-refractivity contribution in [2.24, 2.45) is 5.92 Å². The molecule has 3 atom stereocenters. The molecule has 2 aromatic carbocycles. The van der Waals surface area contributed by atoms with E-state index >= 15 is 0 Å². The highest BCUT2D eigenvalue weighted by atomic mass is 32.2. The second-order valence-electron chi connectivity index (χ2n) is 7.70. The molecule has 160 valence electrons. The van der Waals surface area contributed by atoms with Crippen LogP contribution in [0.15, 0.2) is 64.4 Å². The van der Waals surface area contributed by atoms with E-state index in [1.54, 1.807) is 51.1 Å². The van der Waals surface area contributed by atoms with E-state index in [1.807, 2.05) is 6.92 Å². The van der Waals surface area contributed by atoms with E-state index in [2.05, 4.69) is 4.72 Å². The lowest BCUT2D eigenvalue weighted by Gasteiger charge is -2.28. The van der Waals surface area contributed by atoms with Gasteiger partial charge >= 0.3 is 0 Å². The highest BCUT2D eigenvalue weighted by Gasteiger charge is 2.37. The Morgan fingerprint density at radius 3 is 1.93 bits per heavy atom. The van der Waals surface area contributed by atoms with Gasteiger partial charge in [-0.25, -0.2) is 21.6 Å². The summed E-state index contributed by atoms with van der Waals surface area (Å²) >= 11 is 0. The van der Waals surface area contributed by atoms with Gasteiger partial charge in [-0.1, -0.05) is 49.7 Å². The van der Waals surface area contributed by atoms with E-state index in [0.29, 0.717) is 0 Å². The summed E-state index contributed by atoms with van der Waals surface area (Å²) in [6, 6.07) is 13.6. The summed E-state index contributed by atoms with van der Waals surface area (Å²) in [6.07, 6.45) is -1.19. The Kier molecular flexibility index (Phi) is 7.62. The van der Waals surface area contributed by atoms with Crippen molar-refractivity contribution in [2.75, 3.05) is 0 Å². The van der Waals surface area contributed by atoms with E-state index in [1.165, 1.54) is 24.3 Å². The molecule has 6 nitrogen and oxygen atoms in total. The minimum Gasteiger partial charge on any atom is -0.391 e. The summed E-state index contributed by atoms with van der Waals surface area (Å²) in [5.41, 5.74) is 0.936. The molecule has 0 amide bonds. The van der Waals surface area contributed by atoms with Crippen LogP contribution in [0.5, 0.6) is 0 Å². The predicted octanol–water partition coefficient (Wildman–Crippen LogP) is 2.91. The zero-order chi connectivity index (χ0) is 21.8. The third-order valence-corrected chi connectivity index (χ3v) is 8.61. The number of aliphatic hydroxyl groups excluding tert-OH is 1. The fraction of sp³-hybridized carbons (Fsp3) is 0.429. The Morgan fingerprint density at radius 2 is 1.41 bits per heavy atom. The number of hydrogen-bond acceptors (Lipinski definition) is 5. The highest BCUT2D eigenvalue weighted by Crippen LogP contribution is 2.26. The van der Waals surface area contributed by atoms with Crippen molar-refractivity contribution in [1.82, 2.24) is 4.72 Å². The van der Waals surface area contributed by atoms with Crippen LogP contribution in [0.2, 0.25) is 0 Å². The Morgan fingerprint density at radius 1 is 0.862 bits per heavy atom. The molecular weight excluding hydrogens is 410 g/mol. The third kappa shape index (κ3) is 5.88. The van der Waals surface area contributed by atoms with Crippen LogP contribution in [-0.4, -0.2) is 39.3 Å². The van der Waals surface area contributed by atoms with Gasteiger partial charge in [-0.2, -0.15) is 0 Å². The molecule has 0 bridgehead atoms. The van der Waals surface area contributed by atoms with E-state index in [9.17, 15) is 21.9 Å². The van der Waals surface area contributed by atoms with Crippen molar-refractivity contribution in [3.63, 3.8) is 0 Å². The first-order chi connectivity index (χ1) is 13.4. The molecule has 0 spiro atoms. The van der Waals surface area contributed by atoms with Crippen LogP contribution >= 0.6 is 0 Å². The Balaban J connectivity index is 2.28. The van der Waals surface area contributed by atoms with Crippen LogP contribution < -0.4 is 4.72 Å². The first-order valence-corrected chi connectivity index (χ1v) is 12.5. The smallest absolute Gasteiger partial charge is 0.240 e. The molecule has 2 rings (SSSR count). The van der Waals surface area contributed by atoms with Crippen molar-refractivity contribution >= 4 is 19.9 Å². The zero-order valence-corrected chi connectivity index (χ0v) is 18.7. The summed E-state index contributed by atoms with van der Waals surface area (Å²) in [4.78, 5) is 0.222. The fourth-order valence-electron chi connectivity index (χ4n) is 3.11. The average molecular weight is 440 g/mol. The Hall–Kier alpha value is -1.74. The van der Waals surface area contributed by atoms with Gasteiger partial charge in [0.1, 0.15) is 0 Å². The maximum Gasteiger partial charge on any atom is 0.240 e. The maximum atomic E-state index is 13.1. The van der Waals surface area contributed by atoms with Crippen LogP contribution in [0.1, 0.15) is 32.8 Å². The van der Waals surface area contributed by atoms with Crippen molar-refractivity contribution in [3.05, 3.63) is 60.2 Å². The van der Waals surface area contributed by atoms with Gasteiger partial charge in [0.05, 0.1) is 21.1 Å². The number of benzene rings is 2. The first kappa shape index (κ1) is 23.5. The Bertz CT molecular complexity index is 1000. The molecule has 29 heavy (non-hydrogen) atoms. The van der Waals surface area contributed by atoms with Crippen LogP contribution in [-0.2, 0) is 19.9 Å². The van der Waals surface area contributed by atoms with Gasteiger partial charge in [0.15, 0.2) is 9.84 Å². The lowest BCUT2D eigenvalue weighted by molar-refractivity contribution is 0.114. The SMILES string of the molecule is Cc1ccc(S(=O)(=O)N[C@@H](C)CC(C(O)C(C)C)S(=O)(=O)c2ccccc2)cc1. The first-order valence-electron chi connectivity index (χ1n) is 9.51. The highest BCUT2D eigenvalue weighted by molar-refractivity contribution is 7.92. The lowest BCUT2D eigenvalue weighted by Crippen LogP contribution is -2.43. The zero-order valence-electron chi connectivity index (χ0n) is 17.1. The number of sulfone groups is 1. The van der Waals surface area contributed by atoms with Gasteiger partial charge in [-0.15, -0.1) is 0 Å². The minimum absolute atomic E-state index is 0.0539. The molecule has 0 radical (unpaired) electrons. The maximum absolute atomic E-state index is 13.1. The molecule has 0 saturated carbocycles. The molecule has 0 aromatic heterocycles. The summed E-state index contributed by atoms with van der Waals surface area (Å²) in [7, 11) is -7.66. The number of nitrogens with one attached hydrogen (secondary N) is 1. The van der Waals surface area contributed by atoms with Crippen LogP contribution in [0, 0.1) is 12.8 Å². The predicted molar refractivity (Wildman–Crippen MR) is 114 cm³/mol. The van der Waals surface area contributed by atoms with Gasteiger partial charge in [0.25, 0.3) is 0 Å². The van der Waals surface area contributed by atoms with E-state index in [-0.39, 0.29) is 22.1 Å². The third-order valence-electron chi connectivity index (χ3n) is 4.81. The number of hydrogen-bond donors (Lipinski definition) is 2. The van der Waals surface area contributed by atoms with Crippen LogP contribution in [0.4, 0.5) is 0 Å². The topological polar surface area (TPSA) is 101 Å². The normalized spacial score (nSPS) is 15.8. The van der Waals surface area contributed by atoms with Crippen molar-refractivity contribution in [3.8, 4) is 0 Å². The van der Waals surface area contributed by atoms with Gasteiger partial charge < -0.3 is 5.11 Å². The lowest BCUT2D eigenvalue weighted by atomic mass is 10.00. The molecule has 0 fully saturated rings. The molecule has 2 unspecified atom stereocenters. The average Bonchev–Trinajstić information content (AvgIpc) is 2.66. The number of aliphatic hydroxyl groups is 1. The molecule has 0 aliphatic carbocycles. The number of aryl methyl sites for hydroxylation is 1. The summed E-state index contributed by atoms with van der Waals surface area (Å²) in [5, 5.41) is 9.48. The van der Waals surface area contributed by atoms with Gasteiger partial charge in [-0.3, -0.25) is 0 Å². The summed E-state index contributed by atoms with van der Waals surface area (Å²) in [6.45, 7) is 6.93.